The van der Waals surface area contributed by atoms with Crippen molar-refractivity contribution in [2.45, 2.75) is 0 Å². The molecule has 2 rings (SSSR count). The zero-order valence-electron chi connectivity index (χ0n) is 10.00. The maximum Gasteiger partial charge on any atom is 0.200 e. The van der Waals surface area contributed by atoms with Gasteiger partial charge in [0.2, 0.25) is 5.82 Å². The summed E-state index contributed by atoms with van der Waals surface area (Å²) in [5, 5.41) is 0.413. The van der Waals surface area contributed by atoms with Crippen LogP contribution < -0.4 is 4.74 Å². The Hall–Kier alpha value is -1.46. The molecule has 0 amide bonds. The van der Waals surface area contributed by atoms with E-state index in [-0.39, 0.29) is 11.5 Å². The van der Waals surface area contributed by atoms with Crippen LogP contribution in [0.3, 0.4) is 0 Å². The maximum atomic E-state index is 13.4. The van der Waals surface area contributed by atoms with Crippen LogP contribution in [0.4, 0.5) is 8.78 Å². The monoisotopic (exact) mass is 360 g/mol. The van der Waals surface area contributed by atoms with E-state index < -0.39 is 18.2 Å². The van der Waals surface area contributed by atoms with E-state index in [2.05, 4.69) is 15.9 Å². The van der Waals surface area contributed by atoms with Gasteiger partial charge in [0, 0.05) is 15.1 Å². The van der Waals surface area contributed by atoms with Gasteiger partial charge < -0.3 is 4.74 Å². The van der Waals surface area contributed by atoms with Gasteiger partial charge in [-0.3, -0.25) is 4.79 Å². The summed E-state index contributed by atoms with van der Waals surface area (Å²) in [6, 6.07) is 8.52. The molecule has 0 aliphatic rings. The van der Waals surface area contributed by atoms with E-state index in [4.69, 9.17) is 16.3 Å². The van der Waals surface area contributed by atoms with Crippen molar-refractivity contribution in [1.82, 2.24) is 0 Å². The Morgan fingerprint density at radius 1 is 1.25 bits per heavy atom. The lowest BCUT2D eigenvalue weighted by Crippen LogP contribution is -2.12. The van der Waals surface area contributed by atoms with Gasteiger partial charge >= 0.3 is 0 Å². The summed E-state index contributed by atoms with van der Waals surface area (Å²) in [5.41, 5.74) is 0.341. The molecule has 0 aromatic heterocycles. The van der Waals surface area contributed by atoms with E-state index in [1.165, 1.54) is 12.1 Å². The molecular formula is C14H8BrClF2O2. The molecule has 2 nitrogen and oxygen atoms in total. The van der Waals surface area contributed by atoms with Crippen molar-refractivity contribution in [1.29, 1.82) is 0 Å². The van der Waals surface area contributed by atoms with Gasteiger partial charge in [0.25, 0.3) is 0 Å². The molecule has 0 radical (unpaired) electrons. The fraction of sp³-hybridized carbons (Fsp3) is 0.0714. The number of ether oxygens (including phenoxy) is 1. The van der Waals surface area contributed by atoms with Crippen molar-refractivity contribution in [3.8, 4) is 5.75 Å². The smallest absolute Gasteiger partial charge is 0.200 e. The number of rotatable bonds is 4. The lowest BCUT2D eigenvalue weighted by atomic mass is 10.1. The third-order valence-corrected chi connectivity index (χ3v) is 3.16. The molecule has 2 aromatic carbocycles. The summed E-state index contributed by atoms with van der Waals surface area (Å²) in [5.74, 6) is -2.89. The number of carbonyl (C=O) groups excluding carboxylic acids is 1. The van der Waals surface area contributed by atoms with Crippen LogP contribution in [0, 0.1) is 11.6 Å². The minimum absolute atomic E-state index is 0.321. The highest BCUT2D eigenvalue weighted by Gasteiger charge is 2.14. The Morgan fingerprint density at radius 3 is 2.70 bits per heavy atom. The van der Waals surface area contributed by atoms with Crippen LogP contribution in [0.25, 0.3) is 0 Å². The minimum atomic E-state index is -1.13. The van der Waals surface area contributed by atoms with Crippen LogP contribution >= 0.6 is 27.5 Å². The largest absolute Gasteiger partial charge is 0.482 e. The van der Waals surface area contributed by atoms with Gasteiger partial charge in [-0.25, -0.2) is 4.39 Å². The molecule has 0 fully saturated rings. The number of hydrogen-bond donors (Lipinski definition) is 0. The van der Waals surface area contributed by atoms with Crippen molar-refractivity contribution >= 4 is 33.3 Å². The normalized spacial score (nSPS) is 10.4. The van der Waals surface area contributed by atoms with Gasteiger partial charge in [-0.15, -0.1) is 0 Å². The van der Waals surface area contributed by atoms with Crippen molar-refractivity contribution < 1.29 is 18.3 Å². The van der Waals surface area contributed by atoms with Crippen LogP contribution in [0.5, 0.6) is 5.75 Å². The van der Waals surface area contributed by atoms with Gasteiger partial charge in [-0.1, -0.05) is 39.7 Å². The number of hydrogen-bond acceptors (Lipinski definition) is 2. The Kier molecular flexibility index (Phi) is 4.73. The van der Waals surface area contributed by atoms with Crippen molar-refractivity contribution in [2.75, 3.05) is 6.61 Å². The summed E-state index contributed by atoms with van der Waals surface area (Å²) in [6.45, 7) is -0.410. The first-order chi connectivity index (χ1) is 9.47. The predicted molar refractivity (Wildman–Crippen MR) is 75.3 cm³/mol. The zero-order valence-corrected chi connectivity index (χ0v) is 12.3. The highest BCUT2D eigenvalue weighted by molar-refractivity contribution is 9.10. The van der Waals surface area contributed by atoms with Gasteiger partial charge in [0.05, 0.1) is 0 Å². The quantitative estimate of drug-likeness (QED) is 0.586. The molecule has 0 saturated carbocycles. The van der Waals surface area contributed by atoms with E-state index in [1.807, 2.05) is 0 Å². The molecule has 0 bridgehead atoms. The molecule has 20 heavy (non-hydrogen) atoms. The van der Waals surface area contributed by atoms with Crippen molar-refractivity contribution in [3.05, 3.63) is 63.1 Å². The first-order valence-corrected chi connectivity index (χ1v) is 6.70. The van der Waals surface area contributed by atoms with Crippen LogP contribution in [0.15, 0.2) is 40.9 Å². The Bertz CT molecular complexity index is 662. The maximum absolute atomic E-state index is 13.4. The molecule has 104 valence electrons. The minimum Gasteiger partial charge on any atom is -0.482 e. The molecular weight excluding hydrogens is 354 g/mol. The first kappa shape index (κ1) is 14.9. The molecule has 0 aliphatic carbocycles. The molecule has 0 atom stereocenters. The highest BCUT2D eigenvalue weighted by Crippen LogP contribution is 2.25. The van der Waals surface area contributed by atoms with E-state index >= 15 is 0 Å². The standard InChI is InChI=1S/C14H8BrClF2O2/c15-9-5-11(17)14(18)13(6-9)20-7-12(19)8-2-1-3-10(16)4-8/h1-6H,7H2. The topological polar surface area (TPSA) is 26.3 Å². The SMILES string of the molecule is O=C(COc1cc(Br)cc(F)c1F)c1cccc(Cl)c1. The van der Waals surface area contributed by atoms with E-state index in [1.54, 1.807) is 18.2 Å². The van der Waals surface area contributed by atoms with Crippen LogP contribution in [0.2, 0.25) is 5.02 Å². The second-order valence-electron chi connectivity index (χ2n) is 3.92. The molecule has 0 N–H and O–H groups in total. The highest BCUT2D eigenvalue weighted by atomic mass is 79.9. The summed E-state index contributed by atoms with van der Waals surface area (Å²) >= 11 is 8.78. The van der Waals surface area contributed by atoms with E-state index in [0.717, 1.165) is 6.07 Å². The van der Waals surface area contributed by atoms with Crippen LogP contribution in [-0.2, 0) is 0 Å². The van der Waals surface area contributed by atoms with Gasteiger partial charge in [-0.05, 0) is 24.3 Å². The molecule has 2 aromatic rings. The molecule has 6 heteroatoms. The first-order valence-electron chi connectivity index (χ1n) is 5.53. The number of Topliss-reactive ketones (excluding diaryl/α,β-unsaturated/α-hetero) is 1. The summed E-state index contributed by atoms with van der Waals surface area (Å²) < 4.78 is 31.9. The second kappa shape index (κ2) is 6.33. The fourth-order valence-electron chi connectivity index (χ4n) is 1.53. The molecule has 0 saturated heterocycles. The number of ketones is 1. The number of carbonyl (C=O) groups is 1. The lowest BCUT2D eigenvalue weighted by molar-refractivity contribution is 0.0918. The summed E-state index contributed by atoms with van der Waals surface area (Å²) in [7, 11) is 0. The Morgan fingerprint density at radius 2 is 2.00 bits per heavy atom. The molecule has 0 aliphatic heterocycles. The third-order valence-electron chi connectivity index (χ3n) is 2.46. The van der Waals surface area contributed by atoms with Gasteiger partial charge in [-0.2, -0.15) is 4.39 Å². The predicted octanol–water partition coefficient (Wildman–Crippen LogP) is 4.64. The average molecular weight is 362 g/mol. The average Bonchev–Trinajstić information content (AvgIpc) is 2.40. The fourth-order valence-corrected chi connectivity index (χ4v) is 2.13. The number of benzene rings is 2. The van der Waals surface area contributed by atoms with Crippen LogP contribution in [-0.4, -0.2) is 12.4 Å². The summed E-state index contributed by atoms with van der Waals surface area (Å²) in [6.07, 6.45) is 0. The summed E-state index contributed by atoms with van der Waals surface area (Å²) in [4.78, 5) is 11.8. The zero-order chi connectivity index (χ0) is 14.7. The number of halogens is 4. The molecule has 0 heterocycles. The van der Waals surface area contributed by atoms with Crippen LogP contribution in [0.1, 0.15) is 10.4 Å². The van der Waals surface area contributed by atoms with Crippen molar-refractivity contribution in [3.63, 3.8) is 0 Å². The van der Waals surface area contributed by atoms with Gasteiger partial charge in [0.15, 0.2) is 24.0 Å². The van der Waals surface area contributed by atoms with E-state index in [9.17, 15) is 13.6 Å². The Balaban J connectivity index is 2.11. The lowest BCUT2D eigenvalue weighted by Gasteiger charge is -2.08. The molecule has 0 unspecified atom stereocenters. The van der Waals surface area contributed by atoms with E-state index in [0.29, 0.717) is 15.1 Å². The molecule has 0 spiro atoms. The van der Waals surface area contributed by atoms with Crippen molar-refractivity contribution in [2.24, 2.45) is 0 Å². The van der Waals surface area contributed by atoms with Gasteiger partial charge in [0.1, 0.15) is 0 Å². The third kappa shape index (κ3) is 3.55. The Labute approximate surface area is 127 Å². The second-order valence-corrected chi connectivity index (χ2v) is 5.27.